The van der Waals surface area contributed by atoms with Gasteiger partial charge in [-0.25, -0.2) is 0 Å². The minimum absolute atomic E-state index is 0.0131. The van der Waals surface area contributed by atoms with Crippen molar-refractivity contribution in [2.45, 2.75) is 86.6 Å². The van der Waals surface area contributed by atoms with Gasteiger partial charge in [0.25, 0.3) is 0 Å². The minimum atomic E-state index is 0.0131. The molecule has 0 spiro atoms. The summed E-state index contributed by atoms with van der Waals surface area (Å²) in [6.45, 7) is 18.7. The average molecular weight is 270 g/mol. The van der Waals surface area contributed by atoms with E-state index in [4.69, 9.17) is 5.73 Å². The van der Waals surface area contributed by atoms with Gasteiger partial charge in [-0.3, -0.25) is 0 Å². The van der Waals surface area contributed by atoms with E-state index in [1.54, 1.807) is 0 Å². The first kappa shape index (κ1) is 19.0. The van der Waals surface area contributed by atoms with Gasteiger partial charge in [0, 0.05) is 5.54 Å². The molecule has 0 aromatic carbocycles. The highest BCUT2D eigenvalue weighted by molar-refractivity contribution is 4.92. The Morgan fingerprint density at radius 2 is 1.42 bits per heavy atom. The zero-order valence-electron chi connectivity index (χ0n) is 14.8. The minimum Gasteiger partial charge on any atom is -0.325 e. The largest absolute Gasteiger partial charge is 0.325 e. The van der Waals surface area contributed by atoms with Crippen molar-refractivity contribution in [3.05, 3.63) is 0 Å². The molecule has 5 atom stereocenters. The van der Waals surface area contributed by atoms with Gasteiger partial charge in [-0.2, -0.15) is 0 Å². The predicted molar refractivity (Wildman–Crippen MR) is 88.2 cm³/mol. The lowest BCUT2D eigenvalue weighted by atomic mass is 9.67. The topological polar surface area (TPSA) is 26.0 Å². The van der Waals surface area contributed by atoms with Crippen LogP contribution in [-0.2, 0) is 0 Å². The summed E-state index contributed by atoms with van der Waals surface area (Å²) in [4.78, 5) is 0. The molecule has 5 unspecified atom stereocenters. The van der Waals surface area contributed by atoms with Crippen LogP contribution in [0, 0.1) is 29.6 Å². The molecular weight excluding hydrogens is 230 g/mol. The van der Waals surface area contributed by atoms with Crippen LogP contribution in [0.5, 0.6) is 0 Å². The lowest BCUT2D eigenvalue weighted by Gasteiger charge is -2.42. The SMILES string of the molecule is CCC(C)C(C)C(N)(CC)CC(CC)C(C)C(C)C. The van der Waals surface area contributed by atoms with Crippen molar-refractivity contribution >= 4 is 0 Å². The van der Waals surface area contributed by atoms with Crippen LogP contribution in [-0.4, -0.2) is 5.54 Å². The summed E-state index contributed by atoms with van der Waals surface area (Å²) in [5.41, 5.74) is 6.84. The molecule has 0 heterocycles. The van der Waals surface area contributed by atoms with Crippen LogP contribution in [0.15, 0.2) is 0 Å². The van der Waals surface area contributed by atoms with Crippen molar-refractivity contribution in [3.8, 4) is 0 Å². The molecule has 0 aliphatic rings. The maximum absolute atomic E-state index is 6.83. The summed E-state index contributed by atoms with van der Waals surface area (Å²) >= 11 is 0. The third-order valence-corrected chi connectivity index (χ3v) is 6.02. The van der Waals surface area contributed by atoms with E-state index in [1.807, 2.05) is 0 Å². The molecule has 0 fully saturated rings. The molecule has 0 radical (unpaired) electrons. The maximum atomic E-state index is 6.83. The summed E-state index contributed by atoms with van der Waals surface area (Å²) in [6, 6.07) is 0. The van der Waals surface area contributed by atoms with Gasteiger partial charge < -0.3 is 5.73 Å². The second-order valence-corrected chi connectivity index (χ2v) is 7.24. The lowest BCUT2D eigenvalue weighted by Crippen LogP contribution is -2.50. The Balaban J connectivity index is 4.93. The Morgan fingerprint density at radius 3 is 1.74 bits per heavy atom. The summed E-state index contributed by atoms with van der Waals surface area (Å²) in [5, 5.41) is 0. The predicted octanol–water partition coefficient (Wildman–Crippen LogP) is 5.48. The lowest BCUT2D eigenvalue weighted by molar-refractivity contribution is 0.131. The van der Waals surface area contributed by atoms with Gasteiger partial charge in [-0.15, -0.1) is 0 Å². The fourth-order valence-electron chi connectivity index (χ4n) is 3.31. The monoisotopic (exact) mass is 269 g/mol. The molecule has 0 saturated heterocycles. The Morgan fingerprint density at radius 1 is 0.895 bits per heavy atom. The molecule has 0 aromatic heterocycles. The van der Waals surface area contributed by atoms with E-state index in [-0.39, 0.29) is 5.54 Å². The zero-order chi connectivity index (χ0) is 15.2. The van der Waals surface area contributed by atoms with Gasteiger partial charge in [-0.05, 0) is 42.4 Å². The van der Waals surface area contributed by atoms with E-state index < -0.39 is 0 Å². The van der Waals surface area contributed by atoms with E-state index in [9.17, 15) is 0 Å². The maximum Gasteiger partial charge on any atom is 0.0182 e. The molecule has 19 heavy (non-hydrogen) atoms. The van der Waals surface area contributed by atoms with Gasteiger partial charge >= 0.3 is 0 Å². The second kappa shape index (κ2) is 8.29. The fourth-order valence-corrected chi connectivity index (χ4v) is 3.31. The first-order valence-electron chi connectivity index (χ1n) is 8.52. The molecule has 116 valence electrons. The van der Waals surface area contributed by atoms with Crippen molar-refractivity contribution in [3.63, 3.8) is 0 Å². The molecule has 0 aromatic rings. The number of rotatable bonds is 9. The first-order valence-corrected chi connectivity index (χ1v) is 8.52. The highest BCUT2D eigenvalue weighted by Gasteiger charge is 2.36. The van der Waals surface area contributed by atoms with Crippen molar-refractivity contribution in [2.75, 3.05) is 0 Å². The van der Waals surface area contributed by atoms with Gasteiger partial charge in [0.15, 0.2) is 0 Å². The Labute approximate surface area is 122 Å². The number of nitrogens with two attached hydrogens (primary N) is 1. The highest BCUT2D eigenvalue weighted by Crippen LogP contribution is 2.37. The number of hydrogen-bond acceptors (Lipinski definition) is 1. The van der Waals surface area contributed by atoms with Crippen LogP contribution >= 0.6 is 0 Å². The normalized spacial score (nSPS) is 21.8. The third-order valence-electron chi connectivity index (χ3n) is 6.02. The van der Waals surface area contributed by atoms with E-state index >= 15 is 0 Å². The van der Waals surface area contributed by atoms with Crippen LogP contribution in [0.3, 0.4) is 0 Å². The van der Waals surface area contributed by atoms with Gasteiger partial charge in [0.05, 0.1) is 0 Å². The smallest absolute Gasteiger partial charge is 0.0182 e. The molecule has 0 amide bonds. The van der Waals surface area contributed by atoms with Crippen LogP contribution in [0.1, 0.15) is 81.1 Å². The van der Waals surface area contributed by atoms with Crippen LogP contribution in [0.4, 0.5) is 0 Å². The zero-order valence-corrected chi connectivity index (χ0v) is 14.8. The quantitative estimate of drug-likeness (QED) is 0.589. The Hall–Kier alpha value is -0.0400. The standard InChI is InChI=1S/C18H39N/c1-9-14(6)16(8)18(19,11-3)12-17(10-2)15(7)13(4)5/h13-17H,9-12,19H2,1-8H3. The van der Waals surface area contributed by atoms with Gasteiger partial charge in [0.1, 0.15) is 0 Å². The van der Waals surface area contributed by atoms with E-state index in [0.29, 0.717) is 5.92 Å². The van der Waals surface area contributed by atoms with Crippen molar-refractivity contribution in [1.82, 2.24) is 0 Å². The van der Waals surface area contributed by atoms with Crippen molar-refractivity contribution in [2.24, 2.45) is 35.3 Å². The van der Waals surface area contributed by atoms with Crippen LogP contribution in [0.2, 0.25) is 0 Å². The summed E-state index contributed by atoms with van der Waals surface area (Å²) in [5.74, 6) is 3.61. The third kappa shape index (κ3) is 5.10. The molecule has 0 saturated carbocycles. The van der Waals surface area contributed by atoms with E-state index in [2.05, 4.69) is 55.4 Å². The van der Waals surface area contributed by atoms with Crippen LogP contribution < -0.4 is 5.73 Å². The summed E-state index contributed by atoms with van der Waals surface area (Å²) in [7, 11) is 0. The molecular formula is C18H39N. The Bertz CT molecular complexity index is 236. The molecule has 2 N–H and O–H groups in total. The molecule has 0 aliphatic heterocycles. The first-order chi connectivity index (χ1) is 8.73. The van der Waals surface area contributed by atoms with Crippen molar-refractivity contribution in [1.29, 1.82) is 0 Å². The van der Waals surface area contributed by atoms with Gasteiger partial charge in [0.2, 0.25) is 0 Å². The van der Waals surface area contributed by atoms with Crippen LogP contribution in [0.25, 0.3) is 0 Å². The van der Waals surface area contributed by atoms with Crippen molar-refractivity contribution < 1.29 is 0 Å². The highest BCUT2D eigenvalue weighted by atomic mass is 14.8. The van der Waals surface area contributed by atoms with Gasteiger partial charge in [-0.1, -0.05) is 68.2 Å². The Kier molecular flexibility index (Phi) is 8.27. The molecule has 0 bridgehead atoms. The summed E-state index contributed by atoms with van der Waals surface area (Å²) < 4.78 is 0. The van der Waals surface area contributed by atoms with E-state index in [0.717, 1.165) is 30.1 Å². The van der Waals surface area contributed by atoms with E-state index in [1.165, 1.54) is 19.3 Å². The second-order valence-electron chi connectivity index (χ2n) is 7.24. The molecule has 0 rings (SSSR count). The summed E-state index contributed by atoms with van der Waals surface area (Å²) in [6.07, 6.45) is 4.77. The number of hydrogen-bond donors (Lipinski definition) is 1. The molecule has 1 nitrogen and oxygen atoms in total. The molecule has 1 heteroatoms. The fraction of sp³-hybridized carbons (Fsp3) is 1.00. The molecule has 0 aliphatic carbocycles. The average Bonchev–Trinajstić information content (AvgIpc) is 2.41.